The smallest absolute Gasteiger partial charge is 0.255 e. The SMILES string of the molecule is Cc1ccc(NC(=O)c2ccc(CN)cc2)cc1Br. The first-order chi connectivity index (χ1) is 9.10. The summed E-state index contributed by atoms with van der Waals surface area (Å²) in [6, 6.07) is 13.0. The van der Waals surface area contributed by atoms with Crippen molar-refractivity contribution in [2.75, 3.05) is 5.32 Å². The molecule has 0 radical (unpaired) electrons. The van der Waals surface area contributed by atoms with Gasteiger partial charge in [0, 0.05) is 22.3 Å². The zero-order valence-electron chi connectivity index (χ0n) is 10.6. The first kappa shape index (κ1) is 13.8. The molecule has 2 aromatic rings. The molecule has 1 amide bonds. The van der Waals surface area contributed by atoms with Gasteiger partial charge in [0.15, 0.2) is 0 Å². The Morgan fingerprint density at radius 1 is 1.21 bits per heavy atom. The number of hydrogen-bond donors (Lipinski definition) is 2. The zero-order valence-corrected chi connectivity index (χ0v) is 12.2. The number of carbonyl (C=O) groups excluding carboxylic acids is 1. The summed E-state index contributed by atoms with van der Waals surface area (Å²) in [5.74, 6) is -0.126. The molecule has 0 unspecified atom stereocenters. The Labute approximate surface area is 121 Å². The van der Waals surface area contributed by atoms with E-state index in [9.17, 15) is 4.79 Å². The third kappa shape index (κ3) is 3.43. The second-order valence-corrected chi connectivity index (χ2v) is 5.17. The number of benzene rings is 2. The van der Waals surface area contributed by atoms with Gasteiger partial charge in [-0.3, -0.25) is 4.79 Å². The van der Waals surface area contributed by atoms with Gasteiger partial charge in [0.1, 0.15) is 0 Å². The van der Waals surface area contributed by atoms with Crippen LogP contribution in [0.3, 0.4) is 0 Å². The highest BCUT2D eigenvalue weighted by molar-refractivity contribution is 9.10. The average molecular weight is 319 g/mol. The first-order valence-corrected chi connectivity index (χ1v) is 6.76. The molecule has 0 aliphatic carbocycles. The summed E-state index contributed by atoms with van der Waals surface area (Å²) in [6.45, 7) is 2.48. The van der Waals surface area contributed by atoms with Crippen molar-refractivity contribution >= 4 is 27.5 Å². The molecule has 4 heteroatoms. The van der Waals surface area contributed by atoms with Crippen molar-refractivity contribution in [3.63, 3.8) is 0 Å². The van der Waals surface area contributed by atoms with Gasteiger partial charge in [-0.25, -0.2) is 0 Å². The maximum Gasteiger partial charge on any atom is 0.255 e. The highest BCUT2D eigenvalue weighted by atomic mass is 79.9. The molecule has 0 saturated carbocycles. The summed E-state index contributed by atoms with van der Waals surface area (Å²) in [7, 11) is 0. The van der Waals surface area contributed by atoms with Gasteiger partial charge >= 0.3 is 0 Å². The van der Waals surface area contributed by atoms with Gasteiger partial charge in [-0.05, 0) is 42.3 Å². The van der Waals surface area contributed by atoms with Gasteiger partial charge in [-0.1, -0.05) is 34.1 Å². The lowest BCUT2D eigenvalue weighted by molar-refractivity contribution is 0.102. The fourth-order valence-electron chi connectivity index (χ4n) is 1.67. The van der Waals surface area contributed by atoms with Gasteiger partial charge in [-0.2, -0.15) is 0 Å². The summed E-state index contributed by atoms with van der Waals surface area (Å²) in [5.41, 5.74) is 9.05. The van der Waals surface area contributed by atoms with Crippen molar-refractivity contribution in [3.05, 3.63) is 63.6 Å². The number of hydrogen-bond acceptors (Lipinski definition) is 2. The Morgan fingerprint density at radius 3 is 2.47 bits per heavy atom. The van der Waals surface area contributed by atoms with Crippen LogP contribution >= 0.6 is 15.9 Å². The molecular weight excluding hydrogens is 304 g/mol. The molecule has 0 bridgehead atoms. The third-order valence-corrected chi connectivity index (χ3v) is 3.74. The number of amides is 1. The molecule has 19 heavy (non-hydrogen) atoms. The average Bonchev–Trinajstić information content (AvgIpc) is 2.43. The van der Waals surface area contributed by atoms with Crippen molar-refractivity contribution in [2.45, 2.75) is 13.5 Å². The lowest BCUT2D eigenvalue weighted by atomic mass is 10.1. The predicted molar refractivity (Wildman–Crippen MR) is 81.2 cm³/mol. The Morgan fingerprint density at radius 2 is 1.89 bits per heavy atom. The highest BCUT2D eigenvalue weighted by Crippen LogP contribution is 2.21. The fraction of sp³-hybridized carbons (Fsp3) is 0.133. The van der Waals surface area contributed by atoms with Crippen LogP contribution in [0.2, 0.25) is 0 Å². The molecular formula is C15H15BrN2O. The van der Waals surface area contributed by atoms with E-state index >= 15 is 0 Å². The zero-order chi connectivity index (χ0) is 13.8. The van der Waals surface area contributed by atoms with Crippen LogP contribution in [-0.4, -0.2) is 5.91 Å². The van der Waals surface area contributed by atoms with E-state index in [-0.39, 0.29) is 5.91 Å². The van der Waals surface area contributed by atoms with Crippen LogP contribution in [-0.2, 0) is 6.54 Å². The van der Waals surface area contributed by atoms with Gasteiger partial charge in [0.05, 0.1) is 0 Å². The van der Waals surface area contributed by atoms with Crippen molar-refractivity contribution in [1.29, 1.82) is 0 Å². The minimum absolute atomic E-state index is 0.126. The summed E-state index contributed by atoms with van der Waals surface area (Å²) in [6.07, 6.45) is 0. The van der Waals surface area contributed by atoms with Crippen LogP contribution in [0.4, 0.5) is 5.69 Å². The number of nitrogens with one attached hydrogen (secondary N) is 1. The molecule has 3 N–H and O–H groups in total. The molecule has 0 aliphatic heterocycles. The van der Waals surface area contributed by atoms with E-state index in [2.05, 4.69) is 21.2 Å². The molecule has 0 saturated heterocycles. The second-order valence-electron chi connectivity index (χ2n) is 4.32. The molecule has 0 aromatic heterocycles. The summed E-state index contributed by atoms with van der Waals surface area (Å²) >= 11 is 3.45. The third-order valence-electron chi connectivity index (χ3n) is 2.88. The monoisotopic (exact) mass is 318 g/mol. The van der Waals surface area contributed by atoms with Gasteiger partial charge in [0.25, 0.3) is 5.91 Å². The highest BCUT2D eigenvalue weighted by Gasteiger charge is 2.06. The Hall–Kier alpha value is -1.65. The standard InChI is InChI=1S/C15H15BrN2O/c1-10-2-7-13(8-14(10)16)18-15(19)12-5-3-11(9-17)4-6-12/h2-8H,9,17H2,1H3,(H,18,19). The van der Waals surface area contributed by atoms with Crippen molar-refractivity contribution in [2.24, 2.45) is 5.73 Å². The van der Waals surface area contributed by atoms with E-state index in [0.717, 1.165) is 21.3 Å². The predicted octanol–water partition coefficient (Wildman–Crippen LogP) is 3.47. The lowest BCUT2D eigenvalue weighted by Crippen LogP contribution is -2.12. The quantitative estimate of drug-likeness (QED) is 0.910. The van der Waals surface area contributed by atoms with E-state index in [0.29, 0.717) is 12.1 Å². The van der Waals surface area contributed by atoms with E-state index in [1.54, 1.807) is 12.1 Å². The molecule has 0 atom stereocenters. The van der Waals surface area contributed by atoms with Crippen LogP contribution in [0.25, 0.3) is 0 Å². The Balaban J connectivity index is 2.13. The lowest BCUT2D eigenvalue weighted by Gasteiger charge is -2.07. The number of rotatable bonds is 3. The van der Waals surface area contributed by atoms with Crippen LogP contribution in [0.5, 0.6) is 0 Å². The maximum absolute atomic E-state index is 12.1. The topological polar surface area (TPSA) is 55.1 Å². The summed E-state index contributed by atoms with van der Waals surface area (Å²) in [5, 5.41) is 2.86. The number of aryl methyl sites for hydroxylation is 1. The van der Waals surface area contributed by atoms with E-state index in [1.807, 2.05) is 37.3 Å². The largest absolute Gasteiger partial charge is 0.326 e. The van der Waals surface area contributed by atoms with Crippen molar-refractivity contribution in [3.8, 4) is 0 Å². The Kier molecular flexibility index (Phi) is 4.35. The number of nitrogens with two attached hydrogens (primary N) is 1. The number of carbonyl (C=O) groups is 1. The fourth-order valence-corrected chi connectivity index (χ4v) is 2.04. The van der Waals surface area contributed by atoms with Crippen LogP contribution in [0.1, 0.15) is 21.5 Å². The van der Waals surface area contributed by atoms with Crippen LogP contribution in [0, 0.1) is 6.92 Å². The normalized spacial score (nSPS) is 10.3. The van der Waals surface area contributed by atoms with Crippen LogP contribution in [0.15, 0.2) is 46.9 Å². The first-order valence-electron chi connectivity index (χ1n) is 5.96. The van der Waals surface area contributed by atoms with Crippen LogP contribution < -0.4 is 11.1 Å². The summed E-state index contributed by atoms with van der Waals surface area (Å²) < 4.78 is 0.976. The second kappa shape index (κ2) is 5.99. The van der Waals surface area contributed by atoms with Crippen molar-refractivity contribution in [1.82, 2.24) is 0 Å². The minimum Gasteiger partial charge on any atom is -0.326 e. The molecule has 2 rings (SSSR count). The van der Waals surface area contributed by atoms with E-state index in [1.165, 1.54) is 0 Å². The maximum atomic E-state index is 12.1. The number of halogens is 1. The minimum atomic E-state index is -0.126. The molecule has 3 nitrogen and oxygen atoms in total. The molecule has 0 fully saturated rings. The van der Waals surface area contributed by atoms with Gasteiger partial charge in [0.2, 0.25) is 0 Å². The molecule has 2 aromatic carbocycles. The van der Waals surface area contributed by atoms with E-state index < -0.39 is 0 Å². The summed E-state index contributed by atoms with van der Waals surface area (Å²) in [4.78, 5) is 12.1. The molecule has 0 spiro atoms. The van der Waals surface area contributed by atoms with Crippen molar-refractivity contribution < 1.29 is 4.79 Å². The molecule has 0 aliphatic rings. The van der Waals surface area contributed by atoms with E-state index in [4.69, 9.17) is 5.73 Å². The van der Waals surface area contributed by atoms with Gasteiger partial charge in [-0.15, -0.1) is 0 Å². The molecule has 98 valence electrons. The Bertz CT molecular complexity index is 594. The number of anilines is 1. The van der Waals surface area contributed by atoms with Gasteiger partial charge < -0.3 is 11.1 Å². The molecule has 0 heterocycles.